The first kappa shape index (κ1) is 20.8. The molecule has 2 heterocycles. The molecule has 0 radical (unpaired) electrons. The lowest BCUT2D eigenvalue weighted by Gasteiger charge is -2.29. The summed E-state index contributed by atoms with van der Waals surface area (Å²) in [4.78, 5) is 20.2. The maximum Gasteiger partial charge on any atom is 0.253 e. The van der Waals surface area contributed by atoms with Crippen LogP contribution in [0.15, 0.2) is 23.0 Å². The van der Waals surface area contributed by atoms with Crippen LogP contribution in [-0.4, -0.2) is 66.3 Å². The van der Waals surface area contributed by atoms with Crippen molar-refractivity contribution in [3.8, 4) is 0 Å². The third kappa shape index (κ3) is 5.10. The summed E-state index contributed by atoms with van der Waals surface area (Å²) in [5, 5.41) is 4.82. The minimum absolute atomic E-state index is 0.0467. The Bertz CT molecular complexity index is 890. The molecule has 6 nitrogen and oxygen atoms in total. The zero-order valence-corrected chi connectivity index (χ0v) is 17.8. The number of hydrogen-bond donors (Lipinski definition) is 2. The fourth-order valence-electron chi connectivity index (χ4n) is 3.76. The van der Waals surface area contributed by atoms with E-state index in [2.05, 4.69) is 33.1 Å². The molecule has 0 spiro atoms. The average Bonchev–Trinajstić information content (AvgIpc) is 2.68. The second-order valence-corrected chi connectivity index (χ2v) is 7.84. The molecule has 0 atom stereocenters. The molecule has 0 saturated carbocycles. The summed E-state index contributed by atoms with van der Waals surface area (Å²) in [6, 6.07) is 6.17. The fraction of sp³-hybridized carbons (Fsp3) is 0.524. The highest BCUT2D eigenvalue weighted by Crippen LogP contribution is 2.19. The highest BCUT2D eigenvalue weighted by Gasteiger charge is 2.15. The Balaban J connectivity index is 1.73. The highest BCUT2D eigenvalue weighted by molar-refractivity contribution is 7.80. The van der Waals surface area contributed by atoms with Gasteiger partial charge in [0.2, 0.25) is 0 Å². The summed E-state index contributed by atoms with van der Waals surface area (Å²) < 4.78 is 5.41. The Morgan fingerprint density at radius 1 is 1.29 bits per heavy atom. The van der Waals surface area contributed by atoms with E-state index in [9.17, 15) is 4.79 Å². The molecule has 1 aliphatic rings. The summed E-state index contributed by atoms with van der Waals surface area (Å²) in [6.07, 6.45) is 0.992. The molecular weight excluding hydrogens is 372 g/mol. The van der Waals surface area contributed by atoms with Gasteiger partial charge in [0.1, 0.15) is 0 Å². The van der Waals surface area contributed by atoms with Crippen molar-refractivity contribution < 1.29 is 4.74 Å². The van der Waals surface area contributed by atoms with Crippen molar-refractivity contribution >= 4 is 28.2 Å². The van der Waals surface area contributed by atoms with Crippen LogP contribution in [0.4, 0.5) is 0 Å². The lowest BCUT2D eigenvalue weighted by Crippen LogP contribution is -2.41. The largest absolute Gasteiger partial charge is 0.379 e. The summed E-state index contributed by atoms with van der Waals surface area (Å²) in [6.45, 7) is 10.0. The van der Waals surface area contributed by atoms with Crippen molar-refractivity contribution in [2.24, 2.45) is 0 Å². The third-order valence-electron chi connectivity index (χ3n) is 5.26. The van der Waals surface area contributed by atoms with Crippen molar-refractivity contribution in [1.29, 1.82) is 0 Å². The van der Waals surface area contributed by atoms with Crippen molar-refractivity contribution in [1.82, 2.24) is 20.1 Å². The van der Waals surface area contributed by atoms with E-state index in [1.54, 1.807) is 0 Å². The lowest BCUT2D eigenvalue weighted by molar-refractivity contribution is 0.0367. The van der Waals surface area contributed by atoms with Crippen molar-refractivity contribution in [3.63, 3.8) is 0 Å². The number of ether oxygens (including phenoxy) is 1. The van der Waals surface area contributed by atoms with E-state index in [1.165, 1.54) is 5.56 Å². The molecule has 0 amide bonds. The lowest BCUT2D eigenvalue weighted by atomic mass is 10.0. The van der Waals surface area contributed by atoms with Crippen LogP contribution in [0, 0.1) is 13.8 Å². The van der Waals surface area contributed by atoms with Gasteiger partial charge in [-0.2, -0.15) is 0 Å². The molecule has 1 aromatic heterocycles. The highest BCUT2D eigenvalue weighted by atomic mass is 32.1. The van der Waals surface area contributed by atoms with Gasteiger partial charge < -0.3 is 19.9 Å². The van der Waals surface area contributed by atoms with Gasteiger partial charge in [0.05, 0.1) is 19.8 Å². The summed E-state index contributed by atoms with van der Waals surface area (Å²) in [7, 11) is 1.83. The predicted molar refractivity (Wildman–Crippen MR) is 118 cm³/mol. The van der Waals surface area contributed by atoms with Gasteiger partial charge >= 0.3 is 0 Å². The molecule has 0 bridgehead atoms. The van der Waals surface area contributed by atoms with Gasteiger partial charge in [-0.3, -0.25) is 9.69 Å². The van der Waals surface area contributed by atoms with Gasteiger partial charge in [-0.15, -0.1) is 0 Å². The Kier molecular flexibility index (Phi) is 7.04. The number of thiocarbonyl (C=S) groups is 1. The summed E-state index contributed by atoms with van der Waals surface area (Å²) in [5.41, 5.74) is 3.90. The van der Waals surface area contributed by atoms with Crippen LogP contribution in [0.5, 0.6) is 0 Å². The van der Waals surface area contributed by atoms with Gasteiger partial charge in [0.25, 0.3) is 5.56 Å². The number of nitrogens with one attached hydrogen (secondary N) is 2. The number of nitrogens with zero attached hydrogens (tertiary/aromatic N) is 2. The fourth-order valence-corrected chi connectivity index (χ4v) is 3.92. The molecule has 28 heavy (non-hydrogen) atoms. The van der Waals surface area contributed by atoms with Gasteiger partial charge in [-0.05, 0) is 55.7 Å². The van der Waals surface area contributed by atoms with E-state index >= 15 is 0 Å². The number of H-pyrrole nitrogens is 1. The van der Waals surface area contributed by atoms with Crippen LogP contribution in [0.3, 0.4) is 0 Å². The number of rotatable bonds is 6. The zero-order valence-electron chi connectivity index (χ0n) is 17.0. The van der Waals surface area contributed by atoms with Crippen molar-refractivity contribution in [2.45, 2.75) is 26.8 Å². The molecule has 1 aliphatic heterocycles. The molecule has 7 heteroatoms. The molecule has 152 valence electrons. The molecular formula is C21H30N4O2S. The van der Waals surface area contributed by atoms with E-state index in [0.717, 1.165) is 67.8 Å². The Morgan fingerprint density at radius 3 is 2.75 bits per heavy atom. The smallest absolute Gasteiger partial charge is 0.253 e. The molecule has 0 aliphatic carbocycles. The molecule has 3 rings (SSSR count). The van der Waals surface area contributed by atoms with Gasteiger partial charge in [-0.1, -0.05) is 6.07 Å². The number of morpholine rings is 1. The van der Waals surface area contributed by atoms with E-state index in [-0.39, 0.29) is 5.56 Å². The van der Waals surface area contributed by atoms with E-state index in [4.69, 9.17) is 17.0 Å². The maximum absolute atomic E-state index is 12.7. The SMILES string of the molecule is CNC(=S)N(CCCN1CCOCC1)Cc1cc2c(C)cc(C)cc2[nH]c1=O. The maximum atomic E-state index is 12.7. The van der Waals surface area contributed by atoms with Crippen LogP contribution < -0.4 is 10.9 Å². The molecule has 1 aromatic carbocycles. The molecule has 1 saturated heterocycles. The second-order valence-electron chi connectivity index (χ2n) is 7.45. The number of aryl methyl sites for hydroxylation is 2. The Morgan fingerprint density at radius 2 is 2.04 bits per heavy atom. The summed E-state index contributed by atoms with van der Waals surface area (Å²) >= 11 is 5.50. The first-order valence-electron chi connectivity index (χ1n) is 9.88. The van der Waals surface area contributed by atoms with E-state index < -0.39 is 0 Å². The number of hydrogen-bond acceptors (Lipinski definition) is 4. The van der Waals surface area contributed by atoms with Crippen LogP contribution in [0.25, 0.3) is 10.9 Å². The minimum atomic E-state index is -0.0467. The van der Waals surface area contributed by atoms with Crippen LogP contribution in [-0.2, 0) is 11.3 Å². The number of pyridine rings is 1. The molecule has 2 N–H and O–H groups in total. The van der Waals surface area contributed by atoms with E-state index in [0.29, 0.717) is 11.7 Å². The van der Waals surface area contributed by atoms with Gasteiger partial charge in [0.15, 0.2) is 5.11 Å². The second kappa shape index (κ2) is 9.49. The number of fused-ring (bicyclic) bond motifs is 1. The monoisotopic (exact) mass is 402 g/mol. The molecule has 2 aromatic rings. The average molecular weight is 403 g/mol. The topological polar surface area (TPSA) is 60.6 Å². The minimum Gasteiger partial charge on any atom is -0.379 e. The standard InChI is InChI=1S/C21H30N4O2S/c1-15-11-16(2)18-13-17(20(26)23-19(18)12-15)14-25(21(28)22-3)6-4-5-24-7-9-27-10-8-24/h11-13H,4-10,14H2,1-3H3,(H,22,28)(H,23,26). The Hall–Kier alpha value is -1.96. The van der Waals surface area contributed by atoms with E-state index in [1.807, 2.05) is 26.1 Å². The normalized spacial score (nSPS) is 15.0. The zero-order chi connectivity index (χ0) is 20.1. The number of aromatic nitrogens is 1. The quantitative estimate of drug-likeness (QED) is 0.723. The van der Waals surface area contributed by atoms with Gasteiger partial charge in [0, 0.05) is 49.7 Å². The first-order chi connectivity index (χ1) is 13.5. The molecule has 1 fully saturated rings. The van der Waals surface area contributed by atoms with Crippen LogP contribution in [0.1, 0.15) is 23.1 Å². The van der Waals surface area contributed by atoms with Gasteiger partial charge in [-0.25, -0.2) is 0 Å². The third-order valence-corrected chi connectivity index (χ3v) is 5.72. The number of benzene rings is 1. The first-order valence-corrected chi connectivity index (χ1v) is 10.3. The summed E-state index contributed by atoms with van der Waals surface area (Å²) in [5.74, 6) is 0. The number of aromatic amines is 1. The van der Waals surface area contributed by atoms with Crippen molar-refractivity contribution in [2.75, 3.05) is 46.4 Å². The van der Waals surface area contributed by atoms with Crippen LogP contribution >= 0.6 is 12.2 Å². The molecule has 0 unspecified atom stereocenters. The van der Waals surface area contributed by atoms with Crippen molar-refractivity contribution in [3.05, 3.63) is 45.2 Å². The predicted octanol–water partition coefficient (Wildman–Crippen LogP) is 2.17. The van der Waals surface area contributed by atoms with Crippen LogP contribution in [0.2, 0.25) is 0 Å². The Labute approximate surface area is 171 Å².